The van der Waals surface area contributed by atoms with Gasteiger partial charge in [0.25, 0.3) is 0 Å². The summed E-state index contributed by atoms with van der Waals surface area (Å²) < 4.78 is 44.3. The lowest BCUT2D eigenvalue weighted by atomic mass is 9.95. The van der Waals surface area contributed by atoms with E-state index in [9.17, 15) is 23.1 Å². The fourth-order valence-corrected chi connectivity index (χ4v) is 3.59. The number of benzene rings is 2. The highest BCUT2D eigenvalue weighted by Gasteiger charge is 2.30. The molecular formula is C22H24F3N2O3-. The van der Waals surface area contributed by atoms with Gasteiger partial charge in [0.1, 0.15) is 0 Å². The molecule has 1 amide bonds. The van der Waals surface area contributed by atoms with Crippen LogP contribution in [-0.2, 0) is 11.0 Å². The van der Waals surface area contributed by atoms with E-state index >= 15 is 0 Å². The highest BCUT2D eigenvalue weighted by Crippen LogP contribution is 2.39. The second kappa shape index (κ2) is 9.28. The predicted octanol–water partition coefficient (Wildman–Crippen LogP) is 5.62. The Morgan fingerprint density at radius 2 is 1.90 bits per heavy atom. The number of nitrogens with zero attached hydrogens (tertiary/aromatic N) is 1. The molecule has 0 aliphatic heterocycles. The van der Waals surface area contributed by atoms with E-state index in [2.05, 4.69) is 10.6 Å². The topological polar surface area (TPSA) is 72.7 Å². The van der Waals surface area contributed by atoms with Gasteiger partial charge in [-0.2, -0.15) is 13.2 Å². The predicted molar refractivity (Wildman–Crippen MR) is 107 cm³/mol. The van der Waals surface area contributed by atoms with Crippen LogP contribution in [0.25, 0.3) is 5.32 Å². The standard InChI is InChI=1S/C22H24F3N2O3/c1-30-19-12-14(10-11-18(19)28)20(21(29)27-16-7-3-2-4-8-16)26-17-9-5-6-15(13-17)22(23,24)25/h5-6,9-13,16,20,28H,2-4,7-8H2,1H3,(H,27,29)/q-1. The number of halogens is 3. The monoisotopic (exact) mass is 421 g/mol. The minimum absolute atomic E-state index is 0.0180. The summed E-state index contributed by atoms with van der Waals surface area (Å²) >= 11 is 0. The van der Waals surface area contributed by atoms with Gasteiger partial charge in [-0.05, 0) is 36.6 Å². The van der Waals surface area contributed by atoms with Gasteiger partial charge >= 0.3 is 6.18 Å². The molecule has 1 aliphatic rings. The van der Waals surface area contributed by atoms with Crippen molar-refractivity contribution in [1.29, 1.82) is 0 Å². The zero-order valence-electron chi connectivity index (χ0n) is 16.6. The van der Waals surface area contributed by atoms with Gasteiger partial charge in [0.2, 0.25) is 5.91 Å². The number of alkyl halides is 3. The zero-order valence-corrected chi connectivity index (χ0v) is 16.6. The molecule has 1 aliphatic carbocycles. The number of methoxy groups -OCH3 is 1. The SMILES string of the molecule is COc1cc(C([N-]c2cccc(C(F)(F)F)c2)C(=O)NC2CCCCC2)ccc1O. The van der Waals surface area contributed by atoms with Crippen LogP contribution in [0.3, 0.4) is 0 Å². The third-order valence-electron chi connectivity index (χ3n) is 5.17. The lowest BCUT2D eigenvalue weighted by molar-refractivity contribution is -0.137. The Balaban J connectivity index is 1.90. The van der Waals surface area contributed by atoms with Gasteiger partial charge < -0.3 is 20.5 Å². The first kappa shape index (κ1) is 21.8. The van der Waals surface area contributed by atoms with E-state index in [4.69, 9.17) is 4.74 Å². The van der Waals surface area contributed by atoms with E-state index < -0.39 is 23.7 Å². The van der Waals surface area contributed by atoms with Crippen molar-refractivity contribution in [3.63, 3.8) is 0 Å². The van der Waals surface area contributed by atoms with Crippen LogP contribution < -0.4 is 10.1 Å². The fourth-order valence-electron chi connectivity index (χ4n) is 3.59. The van der Waals surface area contributed by atoms with Crippen LogP contribution in [0.2, 0.25) is 0 Å². The van der Waals surface area contributed by atoms with Gasteiger partial charge in [0.15, 0.2) is 11.5 Å². The maximum atomic E-state index is 13.1. The number of rotatable bonds is 6. The van der Waals surface area contributed by atoms with Crippen LogP contribution in [0.15, 0.2) is 42.5 Å². The van der Waals surface area contributed by atoms with Crippen molar-refractivity contribution in [2.45, 2.75) is 50.4 Å². The summed E-state index contributed by atoms with van der Waals surface area (Å²) in [6.07, 6.45) is 0.384. The lowest BCUT2D eigenvalue weighted by Gasteiger charge is -2.35. The molecule has 1 saturated carbocycles. The number of carbonyl (C=O) groups is 1. The number of amides is 1. The summed E-state index contributed by atoms with van der Waals surface area (Å²) in [5.41, 5.74) is -0.380. The molecule has 3 rings (SSSR count). The first-order chi connectivity index (χ1) is 14.3. The third kappa shape index (κ3) is 5.37. The molecule has 2 N–H and O–H groups in total. The Hall–Kier alpha value is -2.90. The average Bonchev–Trinajstić information content (AvgIpc) is 2.73. The van der Waals surface area contributed by atoms with Crippen LogP contribution in [-0.4, -0.2) is 24.2 Å². The molecule has 0 radical (unpaired) electrons. The van der Waals surface area contributed by atoms with Crippen molar-refractivity contribution in [3.8, 4) is 11.5 Å². The van der Waals surface area contributed by atoms with Gasteiger partial charge in [-0.15, -0.1) is 5.69 Å². The van der Waals surface area contributed by atoms with Crippen molar-refractivity contribution in [3.05, 3.63) is 58.9 Å². The largest absolute Gasteiger partial charge is 0.670 e. The molecule has 1 unspecified atom stereocenters. The van der Waals surface area contributed by atoms with Crippen molar-refractivity contribution >= 4 is 11.6 Å². The number of ether oxygens (including phenoxy) is 1. The Morgan fingerprint density at radius 1 is 1.17 bits per heavy atom. The minimum atomic E-state index is -4.51. The first-order valence-corrected chi connectivity index (χ1v) is 9.83. The summed E-state index contributed by atoms with van der Waals surface area (Å²) in [4.78, 5) is 13.1. The second-order valence-corrected chi connectivity index (χ2v) is 7.35. The summed E-state index contributed by atoms with van der Waals surface area (Å²) in [6, 6.07) is 7.85. The minimum Gasteiger partial charge on any atom is -0.670 e. The third-order valence-corrected chi connectivity index (χ3v) is 5.17. The number of carbonyl (C=O) groups excluding carboxylic acids is 1. The number of nitrogens with one attached hydrogen (secondary N) is 1. The van der Waals surface area contributed by atoms with Crippen molar-refractivity contribution in [2.75, 3.05) is 7.11 Å². The van der Waals surface area contributed by atoms with Gasteiger partial charge in [-0.1, -0.05) is 49.6 Å². The van der Waals surface area contributed by atoms with E-state index in [0.717, 1.165) is 44.2 Å². The van der Waals surface area contributed by atoms with E-state index in [0.29, 0.717) is 5.56 Å². The molecule has 5 nitrogen and oxygen atoms in total. The lowest BCUT2D eigenvalue weighted by Crippen LogP contribution is -2.38. The number of hydrogen-bond donors (Lipinski definition) is 2. The molecule has 162 valence electrons. The number of aromatic hydroxyl groups is 1. The maximum absolute atomic E-state index is 13.1. The molecular weight excluding hydrogens is 397 g/mol. The molecule has 1 fully saturated rings. The molecule has 8 heteroatoms. The molecule has 0 saturated heterocycles. The van der Waals surface area contributed by atoms with E-state index in [-0.39, 0.29) is 23.2 Å². The van der Waals surface area contributed by atoms with Gasteiger partial charge in [0, 0.05) is 6.04 Å². The van der Waals surface area contributed by atoms with Crippen molar-refractivity contribution in [1.82, 2.24) is 5.32 Å². The highest BCUT2D eigenvalue weighted by atomic mass is 19.4. The molecule has 30 heavy (non-hydrogen) atoms. The average molecular weight is 421 g/mol. The van der Waals surface area contributed by atoms with Crippen molar-refractivity contribution < 1.29 is 27.8 Å². The van der Waals surface area contributed by atoms with Gasteiger partial charge in [-0.3, -0.25) is 4.79 Å². The summed E-state index contributed by atoms with van der Waals surface area (Å²) in [6.45, 7) is 0. The molecule has 0 aromatic heterocycles. The van der Waals surface area contributed by atoms with Crippen molar-refractivity contribution in [2.24, 2.45) is 0 Å². The number of hydrogen-bond acceptors (Lipinski definition) is 3. The van der Waals surface area contributed by atoms with Crippen LogP contribution >= 0.6 is 0 Å². The molecule has 0 bridgehead atoms. The van der Waals surface area contributed by atoms with E-state index in [1.165, 1.54) is 37.4 Å². The maximum Gasteiger partial charge on any atom is 0.416 e. The van der Waals surface area contributed by atoms with Crippen LogP contribution in [0.4, 0.5) is 18.9 Å². The molecule has 2 aromatic carbocycles. The second-order valence-electron chi connectivity index (χ2n) is 7.35. The Kier molecular flexibility index (Phi) is 6.74. The van der Waals surface area contributed by atoms with Crippen LogP contribution in [0.5, 0.6) is 11.5 Å². The molecule has 2 aromatic rings. The summed E-state index contributed by atoms with van der Waals surface area (Å²) in [5, 5.41) is 17.2. The number of phenolic OH excluding ortho intramolecular Hbond substituents is 1. The smallest absolute Gasteiger partial charge is 0.416 e. The number of phenols is 1. The molecule has 0 spiro atoms. The Bertz CT molecular complexity index is 880. The Labute approximate surface area is 173 Å². The van der Waals surface area contributed by atoms with Crippen LogP contribution in [0, 0.1) is 0 Å². The fraction of sp³-hybridized carbons (Fsp3) is 0.409. The highest BCUT2D eigenvalue weighted by molar-refractivity contribution is 5.88. The summed E-state index contributed by atoms with van der Waals surface area (Å²) in [7, 11) is 1.37. The molecule has 1 atom stereocenters. The van der Waals surface area contributed by atoms with Crippen LogP contribution in [0.1, 0.15) is 49.3 Å². The molecule has 0 heterocycles. The zero-order chi connectivity index (χ0) is 21.7. The first-order valence-electron chi connectivity index (χ1n) is 9.83. The van der Waals surface area contributed by atoms with E-state index in [1.54, 1.807) is 0 Å². The van der Waals surface area contributed by atoms with E-state index in [1.807, 2.05) is 0 Å². The quantitative estimate of drug-likeness (QED) is 0.636. The van der Waals surface area contributed by atoms with Gasteiger partial charge in [-0.25, -0.2) is 0 Å². The normalized spacial score (nSPS) is 16.0. The van der Waals surface area contributed by atoms with Gasteiger partial charge in [0.05, 0.1) is 12.7 Å². The summed E-state index contributed by atoms with van der Waals surface area (Å²) in [5.74, 6) is -0.346. The Morgan fingerprint density at radius 3 is 2.57 bits per heavy atom.